The van der Waals surface area contributed by atoms with Gasteiger partial charge >= 0.3 is 5.97 Å². The summed E-state index contributed by atoms with van der Waals surface area (Å²) >= 11 is 1.50. The molecule has 0 aliphatic carbocycles. The molecule has 0 spiro atoms. The van der Waals surface area contributed by atoms with Crippen molar-refractivity contribution >= 4 is 23.1 Å². The summed E-state index contributed by atoms with van der Waals surface area (Å²) in [4.78, 5) is 24.6. The lowest BCUT2D eigenvalue weighted by Crippen LogP contribution is -2.20. The van der Waals surface area contributed by atoms with Gasteiger partial charge in [0.15, 0.2) is 5.78 Å². The van der Waals surface area contributed by atoms with Crippen LogP contribution in [-0.2, 0) is 11.2 Å². The van der Waals surface area contributed by atoms with Crippen molar-refractivity contribution in [1.29, 1.82) is 0 Å². The maximum Gasteiger partial charge on any atom is 0.303 e. The average Bonchev–Trinajstić information content (AvgIpc) is 2.62. The maximum absolute atomic E-state index is 12.0. The number of carboxylic acid groups (broad SMARTS) is 1. The van der Waals surface area contributed by atoms with E-state index in [9.17, 15) is 9.59 Å². The van der Waals surface area contributed by atoms with Crippen LogP contribution in [0.5, 0.6) is 0 Å². The second-order valence-electron chi connectivity index (χ2n) is 4.95. The Kier molecular flexibility index (Phi) is 4.46. The first-order valence-electron chi connectivity index (χ1n) is 5.68. The predicted octanol–water partition coefficient (Wildman–Crippen LogP) is 3.38. The van der Waals surface area contributed by atoms with Crippen LogP contribution in [0.4, 0.5) is 0 Å². The van der Waals surface area contributed by atoms with Crippen molar-refractivity contribution in [1.82, 2.24) is 0 Å². The molecule has 0 unspecified atom stereocenters. The number of thiophene rings is 1. The van der Waals surface area contributed by atoms with E-state index in [0.29, 0.717) is 0 Å². The first kappa shape index (κ1) is 13.9. The molecule has 0 bridgehead atoms. The number of carboxylic acids is 1. The van der Waals surface area contributed by atoms with Gasteiger partial charge in [0, 0.05) is 11.3 Å². The fraction of sp³-hybridized carbons (Fsp3) is 0.538. The van der Waals surface area contributed by atoms with Crippen LogP contribution in [0.3, 0.4) is 0 Å². The summed E-state index contributed by atoms with van der Waals surface area (Å²) in [5, 5.41) is 8.77. The van der Waals surface area contributed by atoms with Crippen molar-refractivity contribution in [3.05, 3.63) is 21.9 Å². The van der Waals surface area contributed by atoms with Gasteiger partial charge < -0.3 is 5.11 Å². The molecule has 0 aliphatic heterocycles. The fourth-order valence-electron chi connectivity index (χ4n) is 1.71. The third-order valence-electron chi connectivity index (χ3n) is 2.55. The number of carbonyl (C=O) groups is 2. The number of aryl methyl sites for hydroxylation is 1. The predicted molar refractivity (Wildman–Crippen MR) is 68.7 cm³/mol. The third-order valence-corrected chi connectivity index (χ3v) is 3.82. The van der Waals surface area contributed by atoms with Crippen LogP contribution in [-0.4, -0.2) is 16.9 Å². The minimum atomic E-state index is -0.858. The highest BCUT2D eigenvalue weighted by Crippen LogP contribution is 2.29. The lowest BCUT2D eigenvalue weighted by molar-refractivity contribution is -0.139. The van der Waals surface area contributed by atoms with Gasteiger partial charge in [0.25, 0.3) is 0 Å². The van der Waals surface area contributed by atoms with Gasteiger partial charge in [-0.2, -0.15) is 0 Å². The average molecular weight is 254 g/mol. The van der Waals surface area contributed by atoms with Crippen LogP contribution in [0, 0.1) is 5.41 Å². The van der Waals surface area contributed by atoms with Crippen LogP contribution in [0.2, 0.25) is 0 Å². The summed E-state index contributed by atoms with van der Waals surface area (Å²) in [6.07, 6.45) is 1.23. The van der Waals surface area contributed by atoms with E-state index < -0.39 is 11.4 Å². The number of ketones is 1. The molecule has 1 rings (SSSR count). The molecule has 1 heterocycles. The van der Waals surface area contributed by atoms with Gasteiger partial charge in [0.2, 0.25) is 0 Å². The van der Waals surface area contributed by atoms with Gasteiger partial charge in [-0.1, -0.05) is 20.8 Å². The Morgan fingerprint density at radius 3 is 2.41 bits per heavy atom. The van der Waals surface area contributed by atoms with E-state index >= 15 is 0 Å². The zero-order valence-electron chi connectivity index (χ0n) is 10.4. The Hall–Kier alpha value is -1.16. The summed E-state index contributed by atoms with van der Waals surface area (Å²) in [5.41, 5.74) is -0.487. The smallest absolute Gasteiger partial charge is 0.303 e. The van der Waals surface area contributed by atoms with Crippen LogP contribution in [0.15, 0.2) is 12.1 Å². The number of aliphatic carboxylic acids is 1. The number of Topliss-reactive ketones (excluding diaryl/α,β-unsaturated/α-hetero) is 1. The zero-order valence-corrected chi connectivity index (χ0v) is 11.3. The molecule has 0 saturated heterocycles. The Labute approximate surface area is 105 Å². The monoisotopic (exact) mass is 254 g/mol. The first-order chi connectivity index (χ1) is 7.84. The van der Waals surface area contributed by atoms with Gasteiger partial charge in [-0.15, -0.1) is 11.3 Å². The van der Waals surface area contributed by atoms with Gasteiger partial charge in [-0.05, 0) is 24.0 Å². The second kappa shape index (κ2) is 5.45. The van der Waals surface area contributed by atoms with E-state index in [1.807, 2.05) is 26.0 Å². The van der Waals surface area contributed by atoms with Gasteiger partial charge in [-0.3, -0.25) is 9.59 Å². The Morgan fingerprint density at radius 1 is 1.29 bits per heavy atom. The first-order valence-corrected chi connectivity index (χ1v) is 6.49. The highest BCUT2D eigenvalue weighted by atomic mass is 32.1. The van der Waals surface area contributed by atoms with E-state index in [4.69, 9.17) is 5.11 Å². The number of carbonyl (C=O) groups excluding carboxylic acids is 1. The molecule has 0 saturated carbocycles. The molecule has 0 atom stereocenters. The highest BCUT2D eigenvalue weighted by molar-refractivity contribution is 7.14. The van der Waals surface area contributed by atoms with E-state index in [1.165, 1.54) is 16.2 Å². The molecule has 0 fully saturated rings. The second-order valence-corrected chi connectivity index (χ2v) is 6.12. The van der Waals surface area contributed by atoms with Gasteiger partial charge in [-0.25, -0.2) is 0 Å². The number of hydrogen-bond donors (Lipinski definition) is 1. The molecule has 0 radical (unpaired) electrons. The van der Waals surface area contributed by atoms with Crippen molar-refractivity contribution in [2.75, 3.05) is 0 Å². The van der Waals surface area contributed by atoms with E-state index in [1.54, 1.807) is 0 Å². The molecule has 1 N–H and O–H groups in total. The summed E-state index contributed by atoms with van der Waals surface area (Å²) in [6.45, 7) is 5.68. The molecule has 94 valence electrons. The van der Waals surface area contributed by atoms with Crippen molar-refractivity contribution in [3.63, 3.8) is 0 Å². The molecule has 17 heavy (non-hydrogen) atoms. The third kappa shape index (κ3) is 4.30. The molecule has 0 amide bonds. The summed E-state index contributed by atoms with van der Waals surface area (Å²) in [6, 6.07) is 3.80. The topological polar surface area (TPSA) is 54.4 Å². The van der Waals surface area contributed by atoms with E-state index in [0.717, 1.165) is 11.3 Å². The van der Waals surface area contributed by atoms with Gasteiger partial charge in [0.05, 0.1) is 11.3 Å². The summed E-state index contributed by atoms with van der Waals surface area (Å²) in [5.74, 6) is -0.816. The van der Waals surface area contributed by atoms with E-state index in [-0.39, 0.29) is 18.6 Å². The number of rotatable bonds is 6. The quantitative estimate of drug-likeness (QED) is 0.792. The molecule has 1 aromatic heterocycles. The molecule has 0 aliphatic rings. The summed E-state index contributed by atoms with van der Waals surface area (Å²) < 4.78 is 0. The fourth-order valence-corrected chi connectivity index (χ4v) is 2.60. The normalized spacial score (nSPS) is 11.5. The summed E-state index contributed by atoms with van der Waals surface area (Å²) in [7, 11) is 0. The lowest BCUT2D eigenvalue weighted by Gasteiger charge is -2.20. The van der Waals surface area contributed by atoms with Gasteiger partial charge in [0.1, 0.15) is 0 Å². The Balaban J connectivity index is 2.68. The van der Waals surface area contributed by atoms with Crippen LogP contribution >= 0.6 is 11.3 Å². The van der Waals surface area contributed by atoms with Crippen molar-refractivity contribution in [2.24, 2.45) is 5.41 Å². The minimum absolute atomic E-state index is 0.0186. The molecule has 4 heteroatoms. The van der Waals surface area contributed by atoms with Crippen LogP contribution < -0.4 is 0 Å². The van der Waals surface area contributed by atoms with Crippen molar-refractivity contribution < 1.29 is 14.7 Å². The lowest BCUT2D eigenvalue weighted by atomic mass is 9.84. The molecular weight excluding hydrogens is 236 g/mol. The molecule has 3 nitrogen and oxygen atoms in total. The largest absolute Gasteiger partial charge is 0.481 e. The SMILES string of the molecule is CCc1ccc(C(=O)CC(C)(C)CC(=O)O)s1. The maximum atomic E-state index is 12.0. The molecule has 0 aromatic carbocycles. The molecular formula is C13H18O3S. The highest BCUT2D eigenvalue weighted by Gasteiger charge is 2.26. The Morgan fingerprint density at radius 2 is 1.94 bits per heavy atom. The Bertz CT molecular complexity index is 418. The van der Waals surface area contributed by atoms with E-state index in [2.05, 4.69) is 6.92 Å². The van der Waals surface area contributed by atoms with Crippen molar-refractivity contribution in [3.8, 4) is 0 Å². The standard InChI is InChI=1S/C13H18O3S/c1-4-9-5-6-11(17-9)10(14)7-13(2,3)8-12(15)16/h5-6H,4,7-8H2,1-3H3,(H,15,16). The molecule has 1 aromatic rings. The minimum Gasteiger partial charge on any atom is -0.481 e. The zero-order chi connectivity index (χ0) is 13.1. The number of hydrogen-bond acceptors (Lipinski definition) is 3. The van der Waals surface area contributed by atoms with Crippen LogP contribution in [0.1, 0.15) is 48.2 Å². The van der Waals surface area contributed by atoms with Crippen molar-refractivity contribution in [2.45, 2.75) is 40.0 Å². The van der Waals surface area contributed by atoms with Crippen LogP contribution in [0.25, 0.3) is 0 Å².